The van der Waals surface area contributed by atoms with Gasteiger partial charge in [0.25, 0.3) is 0 Å². The molecule has 0 aromatic heterocycles. The van der Waals surface area contributed by atoms with Crippen molar-refractivity contribution in [2.24, 2.45) is 0 Å². The molecule has 1 heterocycles. The maximum absolute atomic E-state index is 12.8. The topological polar surface area (TPSA) is 99.2 Å². The van der Waals surface area contributed by atoms with Gasteiger partial charge in [-0.05, 0) is 28.7 Å². The fourth-order valence-corrected chi connectivity index (χ4v) is 4.92. The minimum atomic E-state index is -0.811. The Labute approximate surface area is 205 Å². The second-order valence-corrected chi connectivity index (χ2v) is 9.15. The largest absolute Gasteiger partial charge is 0.481 e. The van der Waals surface area contributed by atoms with Crippen LogP contribution >= 0.6 is 0 Å². The van der Waals surface area contributed by atoms with E-state index in [2.05, 4.69) is 34.5 Å². The minimum absolute atomic E-state index is 0.00585. The highest BCUT2D eigenvalue weighted by molar-refractivity contribution is 5.79. The SMILES string of the molecule is CC[C@H](CC(=O)N1CCN(CCC(=O)O)CC1)NC(=O)OCC1c2ccccc2-c2ccccc21. The van der Waals surface area contributed by atoms with Gasteiger partial charge in [-0.2, -0.15) is 0 Å². The highest BCUT2D eigenvalue weighted by atomic mass is 16.5. The molecule has 0 bridgehead atoms. The van der Waals surface area contributed by atoms with Gasteiger partial charge in [0.15, 0.2) is 0 Å². The van der Waals surface area contributed by atoms with Gasteiger partial charge in [0.2, 0.25) is 5.91 Å². The number of hydrogen-bond acceptors (Lipinski definition) is 5. The lowest BCUT2D eigenvalue weighted by Crippen LogP contribution is -2.50. The van der Waals surface area contributed by atoms with Crippen LogP contribution in [0.4, 0.5) is 4.79 Å². The zero-order valence-corrected chi connectivity index (χ0v) is 20.1. The molecule has 2 N–H and O–H groups in total. The van der Waals surface area contributed by atoms with Crippen molar-refractivity contribution in [3.63, 3.8) is 0 Å². The van der Waals surface area contributed by atoms with Crippen LogP contribution in [0.25, 0.3) is 11.1 Å². The summed E-state index contributed by atoms with van der Waals surface area (Å²) in [5, 5.41) is 11.7. The predicted octanol–water partition coefficient (Wildman–Crippen LogP) is 3.31. The van der Waals surface area contributed by atoms with E-state index < -0.39 is 12.1 Å². The lowest BCUT2D eigenvalue weighted by Gasteiger charge is -2.35. The molecule has 1 aliphatic carbocycles. The predicted molar refractivity (Wildman–Crippen MR) is 132 cm³/mol. The van der Waals surface area contributed by atoms with Gasteiger partial charge in [0.1, 0.15) is 6.61 Å². The first kappa shape index (κ1) is 24.7. The standard InChI is InChI=1S/C27H33N3O5/c1-2-19(17-25(31)30-15-13-29(14-16-30)12-11-26(32)33)28-27(34)35-18-24-22-9-5-3-7-20(22)21-8-4-6-10-23(21)24/h3-10,19,24H,2,11-18H2,1H3,(H,28,34)(H,32,33)/t19-/m1/s1. The zero-order valence-electron chi connectivity index (χ0n) is 20.1. The molecule has 8 nitrogen and oxygen atoms in total. The number of aliphatic carboxylic acids is 1. The van der Waals surface area contributed by atoms with Crippen LogP contribution in [0.1, 0.15) is 43.2 Å². The second-order valence-electron chi connectivity index (χ2n) is 9.15. The van der Waals surface area contributed by atoms with Gasteiger partial charge < -0.3 is 20.1 Å². The van der Waals surface area contributed by atoms with E-state index in [0.29, 0.717) is 39.1 Å². The van der Waals surface area contributed by atoms with Gasteiger partial charge in [0, 0.05) is 51.1 Å². The molecule has 4 rings (SSSR count). The van der Waals surface area contributed by atoms with E-state index in [1.54, 1.807) is 4.90 Å². The third-order valence-corrected chi connectivity index (χ3v) is 6.95. The van der Waals surface area contributed by atoms with Crippen LogP contribution in [0.5, 0.6) is 0 Å². The number of piperazine rings is 1. The number of ether oxygens (including phenoxy) is 1. The molecule has 2 aliphatic rings. The lowest BCUT2D eigenvalue weighted by molar-refractivity contribution is -0.138. The van der Waals surface area contributed by atoms with Crippen LogP contribution in [0.3, 0.4) is 0 Å². The van der Waals surface area contributed by atoms with E-state index in [1.807, 2.05) is 31.2 Å². The maximum Gasteiger partial charge on any atom is 0.407 e. The minimum Gasteiger partial charge on any atom is -0.481 e. The first-order valence-corrected chi connectivity index (χ1v) is 12.3. The number of benzene rings is 2. The molecule has 2 amide bonds. The molecular weight excluding hydrogens is 446 g/mol. The molecule has 1 aliphatic heterocycles. The van der Waals surface area contributed by atoms with Crippen molar-refractivity contribution < 1.29 is 24.2 Å². The van der Waals surface area contributed by atoms with Crippen LogP contribution in [-0.4, -0.2) is 78.2 Å². The monoisotopic (exact) mass is 479 g/mol. The number of carboxylic acid groups (broad SMARTS) is 1. The molecule has 8 heteroatoms. The van der Waals surface area contributed by atoms with Gasteiger partial charge in [-0.25, -0.2) is 4.79 Å². The number of fused-ring (bicyclic) bond motifs is 3. The van der Waals surface area contributed by atoms with Crippen molar-refractivity contribution in [3.8, 4) is 11.1 Å². The normalized spacial score (nSPS) is 16.3. The molecule has 1 saturated heterocycles. The van der Waals surface area contributed by atoms with Gasteiger partial charge in [-0.15, -0.1) is 0 Å². The number of alkyl carbamates (subject to hydrolysis) is 1. The number of amides is 2. The first-order valence-electron chi connectivity index (χ1n) is 12.3. The average Bonchev–Trinajstić information content (AvgIpc) is 3.19. The Morgan fingerprint density at radius 3 is 2.17 bits per heavy atom. The number of nitrogens with zero attached hydrogens (tertiary/aromatic N) is 2. The van der Waals surface area contributed by atoms with E-state index in [1.165, 1.54) is 11.1 Å². The van der Waals surface area contributed by atoms with Gasteiger partial charge in [-0.1, -0.05) is 55.5 Å². The number of hydrogen-bond donors (Lipinski definition) is 2. The van der Waals surface area contributed by atoms with Crippen molar-refractivity contribution in [2.45, 2.75) is 38.1 Å². The smallest absolute Gasteiger partial charge is 0.407 e. The summed E-state index contributed by atoms with van der Waals surface area (Å²) in [5.74, 6) is -0.824. The highest BCUT2D eigenvalue weighted by Gasteiger charge is 2.29. The number of rotatable bonds is 9. The summed E-state index contributed by atoms with van der Waals surface area (Å²) in [6, 6.07) is 16.1. The molecule has 0 radical (unpaired) electrons. The molecule has 0 unspecified atom stereocenters. The molecule has 35 heavy (non-hydrogen) atoms. The van der Waals surface area contributed by atoms with Crippen molar-refractivity contribution in [2.75, 3.05) is 39.3 Å². The summed E-state index contributed by atoms with van der Waals surface area (Å²) in [7, 11) is 0. The van der Waals surface area contributed by atoms with Crippen LogP contribution < -0.4 is 5.32 Å². The fraction of sp³-hybridized carbons (Fsp3) is 0.444. The van der Waals surface area contributed by atoms with Crippen LogP contribution in [0, 0.1) is 0 Å². The third kappa shape index (κ3) is 6.00. The second kappa shape index (κ2) is 11.4. The van der Waals surface area contributed by atoms with E-state index in [-0.39, 0.29) is 37.3 Å². The number of carbonyl (C=O) groups is 3. The summed E-state index contributed by atoms with van der Waals surface area (Å²) in [4.78, 5) is 40.0. The van der Waals surface area contributed by atoms with Crippen molar-refractivity contribution in [1.82, 2.24) is 15.1 Å². The summed E-state index contributed by atoms with van der Waals surface area (Å²) in [6.07, 6.45) is 0.435. The third-order valence-electron chi connectivity index (χ3n) is 6.95. The van der Waals surface area contributed by atoms with Crippen molar-refractivity contribution >= 4 is 18.0 Å². The van der Waals surface area contributed by atoms with E-state index >= 15 is 0 Å². The Morgan fingerprint density at radius 1 is 1.00 bits per heavy atom. The molecule has 2 aromatic carbocycles. The Balaban J connectivity index is 1.26. The summed E-state index contributed by atoms with van der Waals surface area (Å²) in [6.45, 7) is 5.14. The number of carbonyl (C=O) groups excluding carboxylic acids is 2. The van der Waals surface area contributed by atoms with E-state index in [0.717, 1.165) is 11.1 Å². The molecule has 1 fully saturated rings. The van der Waals surface area contributed by atoms with Crippen molar-refractivity contribution in [3.05, 3.63) is 59.7 Å². The zero-order chi connectivity index (χ0) is 24.8. The van der Waals surface area contributed by atoms with Gasteiger partial charge in [-0.3, -0.25) is 14.5 Å². The molecule has 1 atom stereocenters. The molecule has 0 spiro atoms. The Morgan fingerprint density at radius 2 is 1.60 bits per heavy atom. The number of nitrogens with one attached hydrogen (secondary N) is 1. The van der Waals surface area contributed by atoms with Crippen LogP contribution in [0.2, 0.25) is 0 Å². The molecule has 2 aromatic rings. The van der Waals surface area contributed by atoms with E-state index in [4.69, 9.17) is 9.84 Å². The Kier molecular flexibility index (Phi) is 8.02. The first-order chi connectivity index (χ1) is 17.0. The Hall–Kier alpha value is -3.39. The van der Waals surface area contributed by atoms with Crippen LogP contribution in [0.15, 0.2) is 48.5 Å². The van der Waals surface area contributed by atoms with E-state index in [9.17, 15) is 14.4 Å². The van der Waals surface area contributed by atoms with Gasteiger partial charge in [0.05, 0.1) is 6.42 Å². The fourth-order valence-electron chi connectivity index (χ4n) is 4.92. The Bertz CT molecular complexity index is 1020. The molecule has 186 valence electrons. The van der Waals surface area contributed by atoms with Gasteiger partial charge >= 0.3 is 12.1 Å². The van der Waals surface area contributed by atoms with Crippen LogP contribution in [-0.2, 0) is 14.3 Å². The molecular formula is C27H33N3O5. The highest BCUT2D eigenvalue weighted by Crippen LogP contribution is 2.44. The lowest BCUT2D eigenvalue weighted by atomic mass is 9.98. The molecule has 0 saturated carbocycles. The summed E-state index contributed by atoms with van der Waals surface area (Å²) < 4.78 is 5.63. The number of carboxylic acids is 1. The van der Waals surface area contributed by atoms with Crippen molar-refractivity contribution in [1.29, 1.82) is 0 Å². The summed E-state index contributed by atoms with van der Waals surface area (Å²) >= 11 is 0. The average molecular weight is 480 g/mol. The summed E-state index contributed by atoms with van der Waals surface area (Å²) in [5.41, 5.74) is 4.67. The maximum atomic E-state index is 12.8. The quantitative estimate of drug-likeness (QED) is 0.573.